The van der Waals surface area contributed by atoms with E-state index in [2.05, 4.69) is 0 Å². The Hall–Kier alpha value is -1.22. The number of ether oxygens (including phenoxy) is 2. The average molecular weight is 199 g/mol. The van der Waals surface area contributed by atoms with Crippen molar-refractivity contribution in [2.24, 2.45) is 0 Å². The summed E-state index contributed by atoms with van der Waals surface area (Å²) in [6.07, 6.45) is -2.23. The molecule has 76 valence electrons. The molecular formula is C11H15NO2. The van der Waals surface area contributed by atoms with Crippen molar-refractivity contribution < 1.29 is 17.7 Å². The van der Waals surface area contributed by atoms with Gasteiger partial charge in [0.15, 0.2) is 11.5 Å². The van der Waals surface area contributed by atoms with Crippen molar-refractivity contribution in [2.45, 2.75) is 19.3 Å². The molecule has 3 heteroatoms. The predicted octanol–water partition coefficient (Wildman–Crippen LogP) is 1.57. The Morgan fingerprint density at radius 1 is 1.64 bits per heavy atom. The van der Waals surface area contributed by atoms with Crippen LogP contribution < -0.4 is 14.8 Å². The van der Waals surface area contributed by atoms with E-state index in [1.807, 2.05) is 0 Å². The largest absolute Gasteiger partial charge is 0.454 e. The summed E-state index contributed by atoms with van der Waals surface area (Å²) < 4.78 is 56.4. The van der Waals surface area contributed by atoms with Gasteiger partial charge in [0, 0.05) is 12.9 Å². The summed E-state index contributed by atoms with van der Waals surface area (Å²) in [5.74, 6) is 0.873. The number of hydrogen-bond donors (Lipinski definition) is 1. The fraction of sp³-hybridized carbons (Fsp3) is 0.455. The van der Waals surface area contributed by atoms with Crippen molar-refractivity contribution in [3.8, 4) is 11.5 Å². The van der Waals surface area contributed by atoms with Gasteiger partial charge in [-0.3, -0.25) is 0 Å². The van der Waals surface area contributed by atoms with Gasteiger partial charge >= 0.3 is 0 Å². The molecule has 1 aliphatic heterocycles. The predicted molar refractivity (Wildman–Crippen MR) is 54.8 cm³/mol. The van der Waals surface area contributed by atoms with Crippen LogP contribution in [0.4, 0.5) is 0 Å². The average Bonchev–Trinajstić information content (AvgIpc) is 2.71. The van der Waals surface area contributed by atoms with Gasteiger partial charge in [-0.25, -0.2) is 0 Å². The van der Waals surface area contributed by atoms with Crippen molar-refractivity contribution in [1.82, 2.24) is 5.31 Å². The molecule has 1 heterocycles. The third kappa shape index (κ3) is 1.82. The second kappa shape index (κ2) is 3.88. The molecule has 1 aromatic rings. The molecule has 0 aliphatic carbocycles. The summed E-state index contributed by atoms with van der Waals surface area (Å²) in [5.41, 5.74) is 0.141. The standard InChI is InChI=1S/C11H15NO2/c1-8(12-2)5-9-3-4-10-11(6-9)14-7-13-10/h3-4,6,8,12H,5,7H2,1-2H3/i1D3,5D2/hD. The highest BCUT2D eigenvalue weighted by Gasteiger charge is 2.13. The van der Waals surface area contributed by atoms with Gasteiger partial charge < -0.3 is 14.8 Å². The molecule has 0 bridgehead atoms. The molecule has 0 saturated carbocycles. The minimum Gasteiger partial charge on any atom is -0.454 e. The molecule has 1 aliphatic rings. The monoisotopic (exact) mass is 199 g/mol. The number of rotatable bonds is 3. The van der Waals surface area contributed by atoms with Crippen LogP contribution in [0.2, 0.25) is 1.41 Å². The second-order valence-electron chi connectivity index (χ2n) is 2.87. The first-order valence-electron chi connectivity index (χ1n) is 7.20. The lowest BCUT2D eigenvalue weighted by atomic mass is 10.1. The van der Waals surface area contributed by atoms with Crippen LogP contribution >= 0.6 is 0 Å². The fourth-order valence-electron chi connectivity index (χ4n) is 1.21. The Morgan fingerprint density at radius 2 is 2.50 bits per heavy atom. The first kappa shape index (κ1) is 4.53. The summed E-state index contributed by atoms with van der Waals surface area (Å²) in [6.45, 7) is -2.57. The van der Waals surface area contributed by atoms with Gasteiger partial charge in [-0.1, -0.05) is 6.07 Å². The van der Waals surface area contributed by atoms with E-state index in [4.69, 9.17) is 17.7 Å². The summed E-state index contributed by atoms with van der Waals surface area (Å²) >= 11 is 0. The van der Waals surface area contributed by atoms with Crippen molar-refractivity contribution in [1.29, 1.82) is 0 Å². The van der Waals surface area contributed by atoms with Crippen molar-refractivity contribution in [3.05, 3.63) is 23.8 Å². The number of benzene rings is 1. The normalized spacial score (nSPS) is 24.1. The highest BCUT2D eigenvalue weighted by Crippen LogP contribution is 2.32. The summed E-state index contributed by atoms with van der Waals surface area (Å²) in [7, 11) is 1.22. The lowest BCUT2D eigenvalue weighted by Crippen LogP contribution is -2.23. The van der Waals surface area contributed by atoms with Gasteiger partial charge in [0.05, 0.1) is 0 Å². The first-order chi connectivity index (χ1) is 9.14. The van der Waals surface area contributed by atoms with Crippen molar-refractivity contribution in [3.63, 3.8) is 0 Å². The smallest absolute Gasteiger partial charge is 0.231 e. The van der Waals surface area contributed by atoms with Crippen LogP contribution in [-0.4, -0.2) is 19.9 Å². The van der Waals surface area contributed by atoms with E-state index in [-0.39, 0.29) is 12.4 Å². The van der Waals surface area contributed by atoms with Gasteiger partial charge in [-0.15, -0.1) is 0 Å². The Balaban J connectivity index is 2.42. The topological polar surface area (TPSA) is 30.5 Å². The van der Waals surface area contributed by atoms with Crippen LogP contribution in [0.1, 0.15) is 19.3 Å². The molecule has 0 fully saturated rings. The zero-order chi connectivity index (χ0) is 15.1. The molecule has 0 aromatic heterocycles. The fourth-order valence-corrected chi connectivity index (χ4v) is 1.21. The van der Waals surface area contributed by atoms with Crippen LogP contribution in [0.5, 0.6) is 11.5 Å². The van der Waals surface area contributed by atoms with Gasteiger partial charge in [0.1, 0.15) is 1.41 Å². The molecule has 0 spiro atoms. The molecule has 1 N–H and O–H groups in total. The molecular weight excluding hydrogens is 178 g/mol. The van der Waals surface area contributed by atoms with Crippen LogP contribution in [-0.2, 0) is 6.37 Å². The molecule has 2 rings (SSSR count). The molecule has 1 aromatic carbocycles. The maximum absolute atomic E-state index is 8.12. The molecule has 0 saturated heterocycles. The number of hydrogen-bond acceptors (Lipinski definition) is 3. The minimum absolute atomic E-state index is 0.0584. The van der Waals surface area contributed by atoms with Crippen LogP contribution in [0.25, 0.3) is 0 Å². The molecule has 1 unspecified atom stereocenters. The molecule has 1 atom stereocenters. The maximum atomic E-state index is 8.12. The van der Waals surface area contributed by atoms with Gasteiger partial charge in [0.2, 0.25) is 6.79 Å². The maximum Gasteiger partial charge on any atom is 0.231 e. The van der Waals surface area contributed by atoms with Crippen molar-refractivity contribution in [2.75, 3.05) is 13.8 Å². The van der Waals surface area contributed by atoms with E-state index in [9.17, 15) is 0 Å². The third-order valence-corrected chi connectivity index (χ3v) is 1.93. The molecule has 14 heavy (non-hydrogen) atoms. The second-order valence-corrected chi connectivity index (χ2v) is 2.87. The highest BCUT2D eigenvalue weighted by atomic mass is 16.7. The molecule has 0 amide bonds. The van der Waals surface area contributed by atoms with E-state index in [1.54, 1.807) is 0 Å². The number of fused-ring (bicyclic) bond motifs is 1. The zero-order valence-corrected chi connectivity index (χ0v) is 7.78. The Kier molecular flexibility index (Phi) is 1.26. The van der Waals surface area contributed by atoms with E-state index >= 15 is 0 Å². The van der Waals surface area contributed by atoms with Crippen molar-refractivity contribution >= 4 is 0 Å². The van der Waals surface area contributed by atoms with Gasteiger partial charge in [-0.2, -0.15) is 0 Å². The third-order valence-electron chi connectivity index (χ3n) is 1.93. The minimum atomic E-state index is -2.63. The quantitative estimate of drug-likeness (QED) is 0.801. The Morgan fingerprint density at radius 3 is 3.29 bits per heavy atom. The highest BCUT2D eigenvalue weighted by molar-refractivity contribution is 5.44. The number of likely N-dealkylation sites (N-methyl/N-ethyl adjacent to an activating group) is 1. The van der Waals surface area contributed by atoms with E-state index in [1.165, 1.54) is 25.2 Å². The Bertz CT molecular complexity index is 502. The lowest BCUT2D eigenvalue weighted by Gasteiger charge is -2.09. The van der Waals surface area contributed by atoms with Gasteiger partial charge in [-0.05, 0) is 38.0 Å². The molecule has 3 nitrogen and oxygen atoms in total. The van der Waals surface area contributed by atoms with Crippen LogP contribution in [0.15, 0.2) is 18.2 Å². The van der Waals surface area contributed by atoms with E-state index < -0.39 is 19.3 Å². The van der Waals surface area contributed by atoms with Crippen LogP contribution in [0, 0.1) is 0 Å². The van der Waals surface area contributed by atoms with Gasteiger partial charge in [0.25, 0.3) is 0 Å². The SMILES string of the molecule is [2H]N(C)C(C([2H])([2H])[2H])C([2H])([2H])c1ccc2c(c1)OCO2. The van der Waals surface area contributed by atoms with E-state index in [0.717, 1.165) is 0 Å². The lowest BCUT2D eigenvalue weighted by molar-refractivity contribution is 0.174. The Labute approximate surface area is 92.5 Å². The van der Waals surface area contributed by atoms with Crippen LogP contribution in [0.3, 0.4) is 0 Å². The molecule has 0 radical (unpaired) electrons. The zero-order valence-electron chi connectivity index (χ0n) is 13.8. The first-order valence-corrected chi connectivity index (χ1v) is 4.26. The summed E-state index contributed by atoms with van der Waals surface area (Å²) in [4.78, 5) is 0. The number of nitrogens with one attached hydrogen (secondary N) is 1. The van der Waals surface area contributed by atoms with E-state index in [0.29, 0.717) is 16.8 Å². The summed E-state index contributed by atoms with van der Waals surface area (Å²) in [5, 5.41) is 0.636. The summed E-state index contributed by atoms with van der Waals surface area (Å²) in [6, 6.07) is 2.83.